The summed E-state index contributed by atoms with van der Waals surface area (Å²) in [5.41, 5.74) is 4.79. The van der Waals surface area contributed by atoms with Gasteiger partial charge in [0.05, 0.1) is 12.0 Å². The van der Waals surface area contributed by atoms with E-state index in [0.29, 0.717) is 0 Å². The summed E-state index contributed by atoms with van der Waals surface area (Å²) < 4.78 is 32.2. The number of primary sulfonamides is 1. The molecule has 0 unspecified atom stereocenters. The molecular weight excluding hydrogens is 288 g/mol. The van der Waals surface area contributed by atoms with Crippen LogP contribution in [0.2, 0.25) is 0 Å². The first-order valence-corrected chi connectivity index (χ1v) is 6.92. The van der Waals surface area contributed by atoms with Crippen LogP contribution in [0.4, 0.5) is 0 Å². The molecule has 1 aromatic carbocycles. The Morgan fingerprint density at radius 1 is 1.30 bits per heavy atom. The van der Waals surface area contributed by atoms with Gasteiger partial charge in [0.1, 0.15) is 11.3 Å². The number of sulfonamides is 1. The van der Waals surface area contributed by atoms with E-state index >= 15 is 0 Å². The molecule has 1 rings (SSSR count). The maximum Gasteiger partial charge on any atom is 0.342 e. The topological polar surface area (TPSA) is 139 Å². The first-order valence-electron chi connectivity index (χ1n) is 5.38. The van der Waals surface area contributed by atoms with Crippen molar-refractivity contribution in [3.05, 3.63) is 23.8 Å². The highest BCUT2D eigenvalue weighted by Crippen LogP contribution is 2.23. The van der Waals surface area contributed by atoms with Gasteiger partial charge in [0, 0.05) is 0 Å². The molecule has 0 saturated carbocycles. The van der Waals surface area contributed by atoms with Gasteiger partial charge in [-0.15, -0.1) is 0 Å². The van der Waals surface area contributed by atoms with Gasteiger partial charge in [0.2, 0.25) is 10.0 Å². The van der Waals surface area contributed by atoms with Crippen LogP contribution in [0, 0.1) is 0 Å². The molecule has 0 fully saturated rings. The van der Waals surface area contributed by atoms with Crippen molar-refractivity contribution in [2.45, 2.75) is 17.9 Å². The third-order valence-electron chi connectivity index (χ3n) is 2.40. The number of hydrogen-bond donors (Lipinski definition) is 2. The molecule has 0 aliphatic rings. The zero-order valence-electron chi connectivity index (χ0n) is 10.8. The second kappa shape index (κ2) is 5.88. The minimum Gasteiger partial charge on any atom is -0.496 e. The zero-order chi connectivity index (χ0) is 15.5. The van der Waals surface area contributed by atoms with Crippen LogP contribution >= 0.6 is 0 Å². The van der Waals surface area contributed by atoms with E-state index in [0.717, 1.165) is 6.07 Å². The lowest BCUT2D eigenvalue weighted by Crippen LogP contribution is -2.30. The van der Waals surface area contributed by atoms with E-state index in [4.69, 9.17) is 20.3 Å². The molecule has 1 atom stereocenters. The maximum atomic E-state index is 11.9. The van der Waals surface area contributed by atoms with Crippen LogP contribution in [0.1, 0.15) is 17.3 Å². The van der Waals surface area contributed by atoms with Crippen LogP contribution in [0.25, 0.3) is 0 Å². The van der Waals surface area contributed by atoms with Crippen molar-refractivity contribution in [1.29, 1.82) is 0 Å². The van der Waals surface area contributed by atoms with Gasteiger partial charge in [-0.2, -0.15) is 0 Å². The summed E-state index contributed by atoms with van der Waals surface area (Å²) in [5, 5.41) is 4.97. The zero-order valence-corrected chi connectivity index (χ0v) is 11.6. The quantitative estimate of drug-likeness (QED) is 0.694. The van der Waals surface area contributed by atoms with Crippen molar-refractivity contribution < 1.29 is 27.5 Å². The Balaban J connectivity index is 3.21. The number of rotatable bonds is 5. The molecule has 0 aromatic heterocycles. The fourth-order valence-corrected chi connectivity index (χ4v) is 1.85. The smallest absolute Gasteiger partial charge is 0.342 e. The first kappa shape index (κ1) is 15.9. The van der Waals surface area contributed by atoms with Gasteiger partial charge >= 0.3 is 5.97 Å². The SMILES string of the molecule is COc1ccc(S(N)(=O)=O)cc1C(=O)O[C@H](C)C(N)=O. The maximum absolute atomic E-state index is 11.9. The molecule has 0 heterocycles. The van der Waals surface area contributed by atoms with Gasteiger partial charge in [-0.25, -0.2) is 18.4 Å². The second-order valence-electron chi connectivity index (χ2n) is 3.86. The Morgan fingerprint density at radius 2 is 1.90 bits per heavy atom. The molecule has 0 bridgehead atoms. The molecule has 8 nitrogen and oxygen atoms in total. The largest absolute Gasteiger partial charge is 0.496 e. The summed E-state index contributed by atoms with van der Waals surface area (Å²) in [7, 11) is -2.69. The third kappa shape index (κ3) is 3.68. The van der Waals surface area contributed by atoms with E-state index < -0.39 is 28.0 Å². The van der Waals surface area contributed by atoms with Gasteiger partial charge in [-0.05, 0) is 25.1 Å². The number of benzene rings is 1. The average molecular weight is 302 g/mol. The lowest BCUT2D eigenvalue weighted by atomic mass is 10.2. The van der Waals surface area contributed by atoms with Crippen molar-refractivity contribution in [3.63, 3.8) is 0 Å². The molecule has 4 N–H and O–H groups in total. The van der Waals surface area contributed by atoms with Crippen LogP contribution in [0.15, 0.2) is 23.1 Å². The standard InChI is InChI=1S/C11H14N2O6S/c1-6(10(12)14)19-11(15)8-5-7(20(13,16)17)3-4-9(8)18-2/h3-6H,1-2H3,(H2,12,14)(H2,13,16,17)/t6-/m1/s1. The number of hydrogen-bond acceptors (Lipinski definition) is 6. The first-order chi connectivity index (χ1) is 9.16. The van der Waals surface area contributed by atoms with Gasteiger partial charge in [-0.3, -0.25) is 4.79 Å². The van der Waals surface area contributed by atoms with E-state index in [1.165, 1.54) is 26.2 Å². The van der Waals surface area contributed by atoms with E-state index in [1.54, 1.807) is 0 Å². The number of methoxy groups -OCH3 is 1. The van der Waals surface area contributed by atoms with Gasteiger partial charge in [0.15, 0.2) is 6.10 Å². The fourth-order valence-electron chi connectivity index (χ4n) is 1.31. The lowest BCUT2D eigenvalue weighted by Gasteiger charge is -2.12. The van der Waals surface area contributed by atoms with E-state index in [9.17, 15) is 18.0 Å². The van der Waals surface area contributed by atoms with Crippen LogP contribution in [-0.2, 0) is 19.6 Å². The second-order valence-corrected chi connectivity index (χ2v) is 5.42. The number of amides is 1. The van der Waals surface area contributed by atoms with Crippen LogP contribution in [0.3, 0.4) is 0 Å². The average Bonchev–Trinajstić information content (AvgIpc) is 2.36. The Morgan fingerprint density at radius 3 is 2.35 bits per heavy atom. The van der Waals surface area contributed by atoms with Gasteiger partial charge in [0.25, 0.3) is 5.91 Å². The number of esters is 1. The van der Waals surface area contributed by atoms with Crippen molar-refractivity contribution in [2.24, 2.45) is 10.9 Å². The summed E-state index contributed by atoms with van der Waals surface area (Å²) in [6.45, 7) is 1.29. The minimum absolute atomic E-state index is 0.0825. The lowest BCUT2D eigenvalue weighted by molar-refractivity contribution is -0.125. The normalized spacial score (nSPS) is 12.6. The van der Waals surface area contributed by atoms with E-state index in [2.05, 4.69) is 0 Å². The number of nitrogens with two attached hydrogens (primary N) is 2. The van der Waals surface area contributed by atoms with Crippen molar-refractivity contribution in [3.8, 4) is 5.75 Å². The molecule has 1 aromatic rings. The van der Waals surface area contributed by atoms with E-state index in [1.807, 2.05) is 0 Å². The molecule has 1 amide bonds. The number of carbonyl (C=O) groups excluding carboxylic acids is 2. The van der Waals surface area contributed by atoms with Crippen LogP contribution in [-0.4, -0.2) is 33.5 Å². The van der Waals surface area contributed by atoms with E-state index in [-0.39, 0.29) is 16.2 Å². The molecule has 0 aliphatic carbocycles. The summed E-state index contributed by atoms with van der Waals surface area (Å²) in [6.07, 6.45) is -1.16. The highest BCUT2D eigenvalue weighted by Gasteiger charge is 2.21. The summed E-state index contributed by atoms with van der Waals surface area (Å²) in [4.78, 5) is 22.4. The molecule has 0 aliphatic heterocycles. The predicted octanol–water partition coefficient (Wildman–Crippen LogP) is -0.627. The monoisotopic (exact) mass is 302 g/mol. The van der Waals surface area contributed by atoms with Gasteiger partial charge in [-0.1, -0.05) is 0 Å². The minimum atomic E-state index is -3.98. The van der Waals surface area contributed by atoms with Crippen molar-refractivity contribution >= 4 is 21.9 Å². The number of ether oxygens (including phenoxy) is 2. The molecule has 9 heteroatoms. The highest BCUT2D eigenvalue weighted by molar-refractivity contribution is 7.89. The van der Waals surface area contributed by atoms with Crippen LogP contribution in [0.5, 0.6) is 5.75 Å². The van der Waals surface area contributed by atoms with Gasteiger partial charge < -0.3 is 15.2 Å². The molecule has 0 radical (unpaired) electrons. The Kier molecular flexibility index (Phi) is 4.69. The Hall–Kier alpha value is -2.13. The number of carbonyl (C=O) groups is 2. The molecule has 0 spiro atoms. The van der Waals surface area contributed by atoms with Crippen LogP contribution < -0.4 is 15.6 Å². The molecular formula is C11H14N2O6S. The summed E-state index contributed by atoms with van der Waals surface area (Å²) in [6, 6.07) is 3.44. The predicted molar refractivity (Wildman–Crippen MR) is 68.4 cm³/mol. The Bertz CT molecular complexity index is 640. The number of primary amides is 1. The Labute approximate surface area is 115 Å². The molecule has 20 heavy (non-hydrogen) atoms. The summed E-state index contributed by atoms with van der Waals surface area (Å²) in [5.74, 6) is -1.70. The third-order valence-corrected chi connectivity index (χ3v) is 3.31. The molecule has 0 saturated heterocycles. The molecule has 110 valence electrons. The highest BCUT2D eigenvalue weighted by atomic mass is 32.2. The van der Waals surface area contributed by atoms with Crippen molar-refractivity contribution in [2.75, 3.05) is 7.11 Å². The summed E-state index contributed by atoms with van der Waals surface area (Å²) >= 11 is 0. The fraction of sp³-hybridized carbons (Fsp3) is 0.273. The van der Waals surface area contributed by atoms with Crippen molar-refractivity contribution in [1.82, 2.24) is 0 Å².